The lowest BCUT2D eigenvalue weighted by Crippen LogP contribution is -2.40. The number of anilines is 1. The van der Waals surface area contributed by atoms with Crippen molar-refractivity contribution in [3.05, 3.63) is 11.1 Å². The Morgan fingerprint density at radius 2 is 2.24 bits per heavy atom. The highest BCUT2D eigenvalue weighted by Crippen LogP contribution is 2.24. The van der Waals surface area contributed by atoms with E-state index in [1.165, 1.54) is 30.1 Å². The Morgan fingerprint density at radius 1 is 1.40 bits per heavy atom. The smallest absolute Gasteiger partial charge is 0.193 e. The van der Waals surface area contributed by atoms with Crippen LogP contribution in [0, 0.1) is 5.92 Å². The van der Waals surface area contributed by atoms with Gasteiger partial charge in [-0.1, -0.05) is 0 Å². The molecule has 2 aliphatic rings. The highest BCUT2D eigenvalue weighted by Gasteiger charge is 2.24. The van der Waals surface area contributed by atoms with Crippen molar-refractivity contribution >= 4 is 22.4 Å². The minimum atomic E-state index is 0.621. The summed E-state index contributed by atoms with van der Waals surface area (Å²) in [4.78, 5) is 14.4. The molecule has 1 aromatic rings. The van der Waals surface area contributed by atoms with E-state index in [4.69, 9.17) is 14.7 Å². The summed E-state index contributed by atoms with van der Waals surface area (Å²) in [7, 11) is 1.78. The molecule has 0 spiro atoms. The average molecular weight is 366 g/mol. The van der Waals surface area contributed by atoms with Crippen molar-refractivity contribution in [2.45, 2.75) is 32.6 Å². The third kappa shape index (κ3) is 5.07. The Labute approximate surface area is 155 Å². The van der Waals surface area contributed by atoms with Gasteiger partial charge in [-0.3, -0.25) is 4.99 Å². The molecular formula is C18H31N5OS. The van der Waals surface area contributed by atoms with E-state index in [0.717, 1.165) is 58.3 Å². The summed E-state index contributed by atoms with van der Waals surface area (Å²) < 4.78 is 5.30. The highest BCUT2D eigenvalue weighted by molar-refractivity contribution is 7.13. The van der Waals surface area contributed by atoms with Crippen LogP contribution in [0.5, 0.6) is 0 Å². The molecule has 1 unspecified atom stereocenters. The lowest BCUT2D eigenvalue weighted by atomic mass is 10.1. The molecule has 3 rings (SSSR count). The van der Waals surface area contributed by atoms with E-state index in [2.05, 4.69) is 27.4 Å². The van der Waals surface area contributed by atoms with Gasteiger partial charge >= 0.3 is 0 Å². The predicted molar refractivity (Wildman–Crippen MR) is 105 cm³/mol. The first-order valence-corrected chi connectivity index (χ1v) is 10.4. The fourth-order valence-corrected chi connectivity index (χ4v) is 4.48. The summed E-state index contributed by atoms with van der Waals surface area (Å²) in [6, 6.07) is 0. The van der Waals surface area contributed by atoms with Crippen molar-refractivity contribution in [3.63, 3.8) is 0 Å². The molecule has 6 nitrogen and oxygen atoms in total. The zero-order valence-corrected chi connectivity index (χ0v) is 16.4. The molecule has 3 heterocycles. The van der Waals surface area contributed by atoms with Crippen LogP contribution in [-0.4, -0.2) is 68.8 Å². The van der Waals surface area contributed by atoms with Gasteiger partial charge in [-0.25, -0.2) is 4.98 Å². The maximum atomic E-state index is 5.30. The number of ether oxygens (including phenoxy) is 1. The van der Waals surface area contributed by atoms with Gasteiger partial charge in [0.05, 0.1) is 12.3 Å². The van der Waals surface area contributed by atoms with Gasteiger partial charge in [0.25, 0.3) is 0 Å². The number of thiazole rings is 1. The lowest BCUT2D eigenvalue weighted by molar-refractivity contribution is 0.157. The Balaban J connectivity index is 1.51. The highest BCUT2D eigenvalue weighted by atomic mass is 32.1. The second-order valence-electron chi connectivity index (χ2n) is 6.86. The minimum Gasteiger partial charge on any atom is -0.384 e. The van der Waals surface area contributed by atoms with E-state index in [-0.39, 0.29) is 0 Å². The van der Waals surface area contributed by atoms with Gasteiger partial charge in [0.15, 0.2) is 11.1 Å². The molecule has 0 saturated carbocycles. The number of hydrogen-bond acceptors (Lipinski definition) is 5. The van der Waals surface area contributed by atoms with E-state index >= 15 is 0 Å². The van der Waals surface area contributed by atoms with E-state index in [1.54, 1.807) is 18.4 Å². The van der Waals surface area contributed by atoms with Crippen LogP contribution in [-0.2, 0) is 11.2 Å². The summed E-state index contributed by atoms with van der Waals surface area (Å²) in [5.41, 5.74) is 1.17. The quantitative estimate of drug-likeness (QED) is 0.593. The second-order valence-corrected chi connectivity index (χ2v) is 7.69. The third-order valence-corrected chi connectivity index (χ3v) is 5.82. The molecule has 1 atom stereocenters. The first-order chi connectivity index (χ1) is 12.3. The molecule has 0 aromatic carbocycles. The van der Waals surface area contributed by atoms with Crippen LogP contribution in [0.1, 0.15) is 31.9 Å². The maximum Gasteiger partial charge on any atom is 0.193 e. The predicted octanol–water partition coefficient (Wildman–Crippen LogP) is 2.22. The molecule has 2 aliphatic heterocycles. The van der Waals surface area contributed by atoms with Crippen LogP contribution in [0.3, 0.4) is 0 Å². The van der Waals surface area contributed by atoms with E-state index in [0.29, 0.717) is 5.92 Å². The van der Waals surface area contributed by atoms with Gasteiger partial charge in [0.1, 0.15) is 0 Å². The SMILES string of the molecule is CCNC(=NCCc1csc(N2CCCC2)n1)N1CCC(COC)C1. The van der Waals surface area contributed by atoms with Crippen LogP contribution in [0.15, 0.2) is 10.4 Å². The van der Waals surface area contributed by atoms with Crippen LogP contribution in [0.25, 0.3) is 0 Å². The fraction of sp³-hybridized carbons (Fsp3) is 0.778. The van der Waals surface area contributed by atoms with E-state index in [9.17, 15) is 0 Å². The first kappa shape index (κ1) is 18.5. The average Bonchev–Trinajstić information content (AvgIpc) is 3.35. The zero-order valence-electron chi connectivity index (χ0n) is 15.5. The Hall–Kier alpha value is -1.34. The molecule has 0 radical (unpaired) electrons. The molecule has 0 bridgehead atoms. The molecule has 25 heavy (non-hydrogen) atoms. The van der Waals surface area contributed by atoms with E-state index in [1.807, 2.05) is 0 Å². The second kappa shape index (κ2) is 9.38. The number of nitrogens with zero attached hydrogens (tertiary/aromatic N) is 4. The summed E-state index contributed by atoms with van der Waals surface area (Å²) >= 11 is 1.77. The largest absolute Gasteiger partial charge is 0.384 e. The molecule has 140 valence electrons. The fourth-order valence-electron chi connectivity index (χ4n) is 3.56. The van der Waals surface area contributed by atoms with Crippen molar-refractivity contribution in [2.24, 2.45) is 10.9 Å². The van der Waals surface area contributed by atoms with Crippen LogP contribution < -0.4 is 10.2 Å². The van der Waals surface area contributed by atoms with Gasteiger partial charge in [0.2, 0.25) is 0 Å². The number of nitrogens with one attached hydrogen (secondary N) is 1. The van der Waals surface area contributed by atoms with Gasteiger partial charge in [0, 0.05) is 64.1 Å². The number of rotatable bonds is 7. The molecule has 2 fully saturated rings. The van der Waals surface area contributed by atoms with E-state index < -0.39 is 0 Å². The molecule has 0 aliphatic carbocycles. The van der Waals surface area contributed by atoms with Gasteiger partial charge in [-0.05, 0) is 26.2 Å². The summed E-state index contributed by atoms with van der Waals surface area (Å²) in [5.74, 6) is 1.66. The number of likely N-dealkylation sites (tertiary alicyclic amines) is 1. The Morgan fingerprint density at radius 3 is 3.00 bits per heavy atom. The monoisotopic (exact) mass is 365 g/mol. The van der Waals surface area contributed by atoms with Crippen molar-refractivity contribution in [2.75, 3.05) is 57.9 Å². The van der Waals surface area contributed by atoms with Crippen LogP contribution in [0.4, 0.5) is 5.13 Å². The molecule has 1 aromatic heterocycles. The van der Waals surface area contributed by atoms with Crippen molar-refractivity contribution in [1.29, 1.82) is 0 Å². The number of aromatic nitrogens is 1. The molecule has 1 N–H and O–H groups in total. The topological polar surface area (TPSA) is 53.0 Å². The van der Waals surface area contributed by atoms with Crippen molar-refractivity contribution < 1.29 is 4.74 Å². The number of hydrogen-bond donors (Lipinski definition) is 1. The van der Waals surface area contributed by atoms with Gasteiger partial charge in [-0.2, -0.15) is 0 Å². The van der Waals surface area contributed by atoms with Crippen molar-refractivity contribution in [3.8, 4) is 0 Å². The normalized spacial score (nSPS) is 21.4. The molecule has 0 amide bonds. The lowest BCUT2D eigenvalue weighted by Gasteiger charge is -2.21. The molecule has 2 saturated heterocycles. The third-order valence-electron chi connectivity index (χ3n) is 4.87. The Kier molecular flexibility index (Phi) is 6.93. The van der Waals surface area contributed by atoms with Crippen molar-refractivity contribution in [1.82, 2.24) is 15.2 Å². The van der Waals surface area contributed by atoms with Gasteiger partial charge in [-0.15, -0.1) is 11.3 Å². The maximum absolute atomic E-state index is 5.30. The number of methoxy groups -OCH3 is 1. The summed E-state index contributed by atoms with van der Waals surface area (Å²) in [6.45, 7) is 9.08. The first-order valence-electron chi connectivity index (χ1n) is 9.51. The number of guanidine groups is 1. The minimum absolute atomic E-state index is 0.621. The molecule has 7 heteroatoms. The Bertz CT molecular complexity index is 555. The standard InChI is InChI=1S/C18H31N5OS/c1-3-19-17(23-11-7-15(12-23)13-24-2)20-8-6-16-14-25-18(21-16)22-9-4-5-10-22/h14-15H,3-13H2,1-2H3,(H,19,20). The zero-order chi connectivity index (χ0) is 17.5. The summed E-state index contributed by atoms with van der Waals surface area (Å²) in [6.07, 6.45) is 4.69. The van der Waals surface area contributed by atoms with Crippen LogP contribution >= 0.6 is 11.3 Å². The number of aliphatic imine (C=N–C) groups is 1. The van der Waals surface area contributed by atoms with Gasteiger partial charge < -0.3 is 19.9 Å². The summed E-state index contributed by atoms with van der Waals surface area (Å²) in [5, 5.41) is 6.81. The van der Waals surface area contributed by atoms with Crippen LogP contribution in [0.2, 0.25) is 0 Å². The molecular weight excluding hydrogens is 334 g/mol.